The quantitative estimate of drug-likeness (QED) is 0.701. The Labute approximate surface area is 88.3 Å². The Morgan fingerprint density at radius 3 is 1.86 bits per heavy atom. The number of hydrogen-bond acceptors (Lipinski definition) is 1. The third kappa shape index (κ3) is 6.06. The highest BCUT2D eigenvalue weighted by Crippen LogP contribution is 2.39. The number of hydrogen-bond donors (Lipinski definition) is 1. The van der Waals surface area contributed by atoms with Crippen LogP contribution in [0.1, 0.15) is 48.0 Å². The highest BCUT2D eigenvalue weighted by Gasteiger charge is 2.31. The molecule has 1 unspecified atom stereocenters. The molecule has 0 aliphatic rings. The Balaban J connectivity index is 4.50. The number of carboxylic acid groups (broad SMARTS) is 1. The van der Waals surface area contributed by atoms with E-state index in [4.69, 9.17) is 5.11 Å². The zero-order valence-corrected chi connectivity index (χ0v) is 10.2. The van der Waals surface area contributed by atoms with Crippen molar-refractivity contribution in [2.75, 3.05) is 0 Å². The van der Waals surface area contributed by atoms with E-state index in [1.54, 1.807) is 0 Å². The van der Waals surface area contributed by atoms with Crippen molar-refractivity contribution in [2.45, 2.75) is 53.8 Å². The molecule has 81 valence electrons. The first kappa shape index (κ1) is 13.5. The van der Waals surface area contributed by atoms with Gasteiger partial charge in [-0.05, 0) is 10.8 Å². The summed E-state index contributed by atoms with van der Waals surface area (Å²) in [5, 5.41) is 8.79. The molecule has 0 rings (SSSR count). The molecule has 0 saturated heterocycles. The maximum atomic E-state index is 10.7. The van der Waals surface area contributed by atoms with Crippen LogP contribution < -0.4 is 0 Å². The second kappa shape index (κ2) is 4.37. The van der Waals surface area contributed by atoms with E-state index in [1.807, 2.05) is 0 Å². The zero-order valence-electron chi connectivity index (χ0n) is 10.2. The lowest BCUT2D eigenvalue weighted by atomic mass is 9.51. The molecule has 3 heteroatoms. The molecular weight excluding hydrogens is 175 g/mol. The van der Waals surface area contributed by atoms with Crippen molar-refractivity contribution in [1.29, 1.82) is 0 Å². The molecule has 1 radical (unpaired) electrons. The SMILES string of the molecule is CC(C)(C)CC([B]C(=O)O)C(C)(C)C. The fourth-order valence-corrected chi connectivity index (χ4v) is 1.45. The average Bonchev–Trinajstić information content (AvgIpc) is 1.78. The molecule has 0 spiro atoms. The van der Waals surface area contributed by atoms with Crippen LogP contribution in [0.4, 0.5) is 4.79 Å². The molecule has 0 aliphatic heterocycles. The van der Waals surface area contributed by atoms with Gasteiger partial charge in [0.15, 0.2) is 0 Å². The molecule has 0 fully saturated rings. The Hall–Kier alpha value is -0.465. The fourth-order valence-electron chi connectivity index (χ4n) is 1.45. The van der Waals surface area contributed by atoms with Gasteiger partial charge in [-0.3, -0.25) is 4.79 Å². The van der Waals surface area contributed by atoms with E-state index < -0.39 is 5.87 Å². The summed E-state index contributed by atoms with van der Waals surface area (Å²) in [4.78, 5) is 10.7. The highest BCUT2D eigenvalue weighted by molar-refractivity contribution is 6.72. The van der Waals surface area contributed by atoms with Gasteiger partial charge in [-0.15, -0.1) is 0 Å². The normalized spacial score (nSPS) is 15.0. The van der Waals surface area contributed by atoms with E-state index in [9.17, 15) is 4.79 Å². The van der Waals surface area contributed by atoms with E-state index in [0.717, 1.165) is 6.42 Å². The van der Waals surface area contributed by atoms with Gasteiger partial charge in [0.1, 0.15) is 0 Å². The highest BCUT2D eigenvalue weighted by atomic mass is 16.4. The smallest absolute Gasteiger partial charge is 0.264 e. The largest absolute Gasteiger partial charge is 0.490 e. The molecule has 0 aromatic heterocycles. The predicted octanol–water partition coefficient (Wildman–Crippen LogP) is 3.64. The molecule has 0 bridgehead atoms. The van der Waals surface area contributed by atoms with Crippen LogP contribution in [-0.4, -0.2) is 18.3 Å². The Kier molecular flexibility index (Phi) is 4.23. The van der Waals surface area contributed by atoms with Crippen molar-refractivity contribution < 1.29 is 9.90 Å². The van der Waals surface area contributed by atoms with Crippen LogP contribution in [-0.2, 0) is 0 Å². The van der Waals surface area contributed by atoms with Gasteiger partial charge < -0.3 is 5.11 Å². The summed E-state index contributed by atoms with van der Waals surface area (Å²) in [6, 6.07) is 0. The second-order valence-electron chi connectivity index (χ2n) is 6.24. The molecule has 2 nitrogen and oxygen atoms in total. The lowest BCUT2D eigenvalue weighted by Gasteiger charge is -2.34. The minimum atomic E-state index is -0.811. The summed E-state index contributed by atoms with van der Waals surface area (Å²) >= 11 is 0. The molecule has 0 heterocycles. The van der Waals surface area contributed by atoms with Gasteiger partial charge in [-0.25, -0.2) is 0 Å². The van der Waals surface area contributed by atoms with Gasteiger partial charge in [0.05, 0.1) is 0 Å². The van der Waals surface area contributed by atoms with Crippen LogP contribution in [0.5, 0.6) is 0 Å². The Morgan fingerprint density at radius 2 is 1.64 bits per heavy atom. The van der Waals surface area contributed by atoms with Crippen LogP contribution in [0.25, 0.3) is 0 Å². The van der Waals surface area contributed by atoms with E-state index in [-0.39, 0.29) is 16.6 Å². The number of rotatable bonds is 3. The van der Waals surface area contributed by atoms with Crippen molar-refractivity contribution in [3.63, 3.8) is 0 Å². The van der Waals surface area contributed by atoms with Gasteiger partial charge in [-0.1, -0.05) is 53.8 Å². The molecule has 14 heavy (non-hydrogen) atoms. The minimum absolute atomic E-state index is 0.0195. The first-order chi connectivity index (χ1) is 6.02. The van der Waals surface area contributed by atoms with Crippen molar-refractivity contribution in [2.24, 2.45) is 10.8 Å². The predicted molar refractivity (Wildman–Crippen MR) is 61.1 cm³/mol. The Morgan fingerprint density at radius 1 is 1.21 bits per heavy atom. The van der Waals surface area contributed by atoms with Crippen molar-refractivity contribution in [3.8, 4) is 0 Å². The topological polar surface area (TPSA) is 37.3 Å². The fraction of sp³-hybridized carbons (Fsp3) is 0.909. The van der Waals surface area contributed by atoms with E-state index in [2.05, 4.69) is 41.5 Å². The molecule has 1 atom stereocenters. The van der Waals surface area contributed by atoms with Crippen LogP contribution in [0, 0.1) is 10.8 Å². The summed E-state index contributed by atoms with van der Waals surface area (Å²) in [5.41, 5.74) is 0.190. The third-order valence-corrected chi connectivity index (χ3v) is 2.29. The second-order valence-corrected chi connectivity index (χ2v) is 6.24. The molecule has 0 amide bonds. The van der Waals surface area contributed by atoms with Crippen LogP contribution >= 0.6 is 0 Å². The summed E-state index contributed by atoms with van der Waals surface area (Å²) in [7, 11) is 1.44. The summed E-state index contributed by atoms with van der Waals surface area (Å²) in [6.45, 7) is 12.7. The molecule has 1 N–H and O–H groups in total. The van der Waals surface area contributed by atoms with Crippen LogP contribution in [0.2, 0.25) is 5.82 Å². The minimum Gasteiger partial charge on any atom is -0.490 e. The van der Waals surface area contributed by atoms with Gasteiger partial charge in [0, 0.05) is 0 Å². The standard InChI is InChI=1S/C11H22BO2/c1-10(2,3)7-8(11(4,5)6)12-9(13)14/h8H,7H2,1-6H3,(H,13,14). The summed E-state index contributed by atoms with van der Waals surface area (Å²) in [6.07, 6.45) is 0.906. The molecular formula is C11H22BO2. The van der Waals surface area contributed by atoms with Crippen LogP contribution in [0.15, 0.2) is 0 Å². The first-order valence-corrected chi connectivity index (χ1v) is 5.10. The zero-order chi connectivity index (χ0) is 11.6. The van der Waals surface area contributed by atoms with Gasteiger partial charge in [-0.2, -0.15) is 0 Å². The third-order valence-electron chi connectivity index (χ3n) is 2.29. The Bertz CT molecular complexity index is 198. The van der Waals surface area contributed by atoms with Crippen molar-refractivity contribution in [3.05, 3.63) is 0 Å². The van der Waals surface area contributed by atoms with Gasteiger partial charge >= 0.3 is 0 Å². The molecule has 0 aromatic rings. The number of carbonyl (C=O) groups is 1. The van der Waals surface area contributed by atoms with E-state index in [1.165, 1.54) is 7.28 Å². The molecule has 0 aliphatic carbocycles. The van der Waals surface area contributed by atoms with Gasteiger partial charge in [0.25, 0.3) is 7.28 Å². The summed E-state index contributed by atoms with van der Waals surface area (Å²) in [5.74, 6) is -0.686. The summed E-state index contributed by atoms with van der Waals surface area (Å²) < 4.78 is 0. The van der Waals surface area contributed by atoms with E-state index in [0.29, 0.717) is 0 Å². The lowest BCUT2D eigenvalue weighted by Crippen LogP contribution is -2.28. The first-order valence-electron chi connectivity index (χ1n) is 5.10. The van der Waals surface area contributed by atoms with E-state index >= 15 is 0 Å². The maximum Gasteiger partial charge on any atom is 0.264 e. The van der Waals surface area contributed by atoms with Gasteiger partial charge in [0.2, 0.25) is 5.87 Å². The van der Waals surface area contributed by atoms with Crippen molar-refractivity contribution >= 4 is 13.1 Å². The maximum absolute atomic E-state index is 10.7. The average molecular weight is 197 g/mol. The van der Waals surface area contributed by atoms with Crippen molar-refractivity contribution in [1.82, 2.24) is 0 Å². The molecule has 0 aromatic carbocycles. The lowest BCUT2D eigenvalue weighted by molar-refractivity contribution is 0.216. The monoisotopic (exact) mass is 197 g/mol. The van der Waals surface area contributed by atoms with Crippen LogP contribution in [0.3, 0.4) is 0 Å². The molecule has 0 saturated carbocycles.